The van der Waals surface area contributed by atoms with E-state index in [1.807, 2.05) is 24.3 Å². The molecule has 3 aromatic rings. The van der Waals surface area contributed by atoms with Crippen molar-refractivity contribution in [2.75, 3.05) is 0 Å². The summed E-state index contributed by atoms with van der Waals surface area (Å²) >= 11 is 0. The Kier molecular flexibility index (Phi) is 2.82. The van der Waals surface area contributed by atoms with Gasteiger partial charge in [-0.1, -0.05) is 24.3 Å². The zero-order chi connectivity index (χ0) is 18.1. The van der Waals surface area contributed by atoms with Gasteiger partial charge in [0.15, 0.2) is 17.6 Å². The lowest BCUT2D eigenvalue weighted by Crippen LogP contribution is -2.47. The Morgan fingerprint density at radius 1 is 1.04 bits per heavy atom. The van der Waals surface area contributed by atoms with Crippen molar-refractivity contribution < 1.29 is 28.9 Å². The molecule has 0 aliphatic carbocycles. The molecule has 1 fully saturated rings. The molecule has 0 radical (unpaired) electrons. The molecule has 2 aliphatic heterocycles. The van der Waals surface area contributed by atoms with Crippen molar-refractivity contribution in [1.82, 2.24) is 0 Å². The van der Waals surface area contributed by atoms with E-state index < -0.39 is 17.9 Å². The van der Waals surface area contributed by atoms with Gasteiger partial charge in [0.25, 0.3) is 5.79 Å². The third-order valence-corrected chi connectivity index (χ3v) is 5.00. The van der Waals surface area contributed by atoms with Gasteiger partial charge in [0.05, 0.1) is 12.0 Å². The molecule has 6 nitrogen and oxygen atoms in total. The molecule has 0 bridgehead atoms. The van der Waals surface area contributed by atoms with E-state index >= 15 is 0 Å². The molecular weight excluding hydrogens is 336 g/mol. The molecule has 2 heterocycles. The number of aromatic carboxylic acids is 1. The van der Waals surface area contributed by atoms with Crippen molar-refractivity contribution >= 4 is 33.5 Å². The molecule has 2 unspecified atom stereocenters. The van der Waals surface area contributed by atoms with Gasteiger partial charge in [-0.3, -0.25) is 4.79 Å². The topological polar surface area (TPSA) is 82.1 Å². The number of fused-ring (bicyclic) bond motifs is 7. The monoisotopic (exact) mass is 350 g/mol. The summed E-state index contributed by atoms with van der Waals surface area (Å²) in [5, 5.41) is 12.5. The molecule has 6 heteroatoms. The molecule has 0 aromatic heterocycles. The highest BCUT2D eigenvalue weighted by atomic mass is 16.8. The van der Waals surface area contributed by atoms with Crippen LogP contribution in [0.25, 0.3) is 21.5 Å². The summed E-state index contributed by atoms with van der Waals surface area (Å²) < 4.78 is 17.6. The predicted molar refractivity (Wildman–Crippen MR) is 92.6 cm³/mol. The van der Waals surface area contributed by atoms with Crippen molar-refractivity contribution in [3.8, 4) is 11.5 Å². The number of hydrogen-bond donors (Lipinski definition) is 1. The van der Waals surface area contributed by atoms with E-state index in [0.29, 0.717) is 16.9 Å². The predicted octanol–water partition coefficient (Wildman–Crippen LogP) is 3.49. The summed E-state index contributed by atoms with van der Waals surface area (Å²) in [6.07, 6.45) is -0.401. The number of carboxylic acid groups (broad SMARTS) is 1. The van der Waals surface area contributed by atoms with Crippen molar-refractivity contribution in [1.29, 1.82) is 0 Å². The Bertz CT molecular complexity index is 1120. The van der Waals surface area contributed by atoms with Crippen molar-refractivity contribution in [2.45, 2.75) is 25.2 Å². The van der Waals surface area contributed by atoms with E-state index in [4.69, 9.17) is 14.2 Å². The lowest BCUT2D eigenvalue weighted by molar-refractivity contribution is -0.195. The van der Waals surface area contributed by atoms with Gasteiger partial charge < -0.3 is 19.3 Å². The SMILES string of the molecule is CC12OC(=O)CC1Oc1c(c3ccc(C(=O)O)cc3c3ccccc13)O2. The van der Waals surface area contributed by atoms with Gasteiger partial charge in [-0.2, -0.15) is 0 Å². The van der Waals surface area contributed by atoms with E-state index in [-0.39, 0.29) is 18.0 Å². The third kappa shape index (κ3) is 1.92. The molecule has 2 atom stereocenters. The van der Waals surface area contributed by atoms with Crippen LogP contribution in [0.3, 0.4) is 0 Å². The first-order chi connectivity index (χ1) is 12.5. The van der Waals surface area contributed by atoms with Crippen LogP contribution in [0.15, 0.2) is 42.5 Å². The zero-order valence-electron chi connectivity index (χ0n) is 13.8. The maximum Gasteiger partial charge on any atom is 0.335 e. The fourth-order valence-corrected chi connectivity index (χ4v) is 3.73. The van der Waals surface area contributed by atoms with Crippen LogP contribution in [0, 0.1) is 0 Å². The van der Waals surface area contributed by atoms with Crippen molar-refractivity contribution in [2.24, 2.45) is 0 Å². The van der Waals surface area contributed by atoms with Gasteiger partial charge in [-0.15, -0.1) is 0 Å². The molecule has 3 aromatic carbocycles. The molecule has 130 valence electrons. The fourth-order valence-electron chi connectivity index (χ4n) is 3.73. The number of ether oxygens (including phenoxy) is 3. The maximum absolute atomic E-state index is 11.8. The van der Waals surface area contributed by atoms with Gasteiger partial charge in [0.1, 0.15) is 0 Å². The largest absolute Gasteiger partial charge is 0.478 e. The van der Waals surface area contributed by atoms with Crippen LogP contribution in [0.2, 0.25) is 0 Å². The lowest BCUT2D eigenvalue weighted by atomic mass is 9.96. The fraction of sp³-hybridized carbons (Fsp3) is 0.200. The number of hydrogen-bond acceptors (Lipinski definition) is 5. The number of esters is 1. The first-order valence-electron chi connectivity index (χ1n) is 8.25. The highest BCUT2D eigenvalue weighted by molar-refractivity contribution is 6.15. The summed E-state index contributed by atoms with van der Waals surface area (Å²) in [6.45, 7) is 1.68. The summed E-state index contributed by atoms with van der Waals surface area (Å²) in [5.74, 6) is -1.54. The summed E-state index contributed by atoms with van der Waals surface area (Å²) in [4.78, 5) is 23.2. The second kappa shape index (κ2) is 4.88. The first-order valence-corrected chi connectivity index (χ1v) is 8.25. The second-order valence-electron chi connectivity index (χ2n) is 6.67. The van der Waals surface area contributed by atoms with E-state index in [2.05, 4.69) is 0 Å². The Labute approximate surface area is 147 Å². The minimum absolute atomic E-state index is 0.125. The number of benzene rings is 3. The van der Waals surface area contributed by atoms with E-state index in [9.17, 15) is 14.7 Å². The Morgan fingerprint density at radius 2 is 1.77 bits per heavy atom. The van der Waals surface area contributed by atoms with Crippen LogP contribution in [0.1, 0.15) is 23.7 Å². The summed E-state index contributed by atoms with van der Waals surface area (Å²) in [6, 6.07) is 12.4. The van der Waals surface area contributed by atoms with Crippen molar-refractivity contribution in [3.63, 3.8) is 0 Å². The van der Waals surface area contributed by atoms with Crippen molar-refractivity contribution in [3.05, 3.63) is 48.0 Å². The molecule has 5 rings (SSSR count). The third-order valence-electron chi connectivity index (χ3n) is 5.00. The van der Waals surface area contributed by atoms with Gasteiger partial charge in [0, 0.05) is 17.7 Å². The average molecular weight is 350 g/mol. The minimum Gasteiger partial charge on any atom is -0.478 e. The van der Waals surface area contributed by atoms with Gasteiger partial charge >= 0.3 is 11.9 Å². The van der Waals surface area contributed by atoms with Crippen LogP contribution in [0.4, 0.5) is 0 Å². The number of rotatable bonds is 1. The van der Waals surface area contributed by atoms with Crippen LogP contribution in [0.5, 0.6) is 11.5 Å². The van der Waals surface area contributed by atoms with E-state index in [0.717, 1.165) is 16.2 Å². The number of carboxylic acids is 1. The van der Waals surface area contributed by atoms with E-state index in [1.165, 1.54) is 6.07 Å². The zero-order valence-corrected chi connectivity index (χ0v) is 13.8. The second-order valence-corrected chi connectivity index (χ2v) is 6.67. The summed E-state index contributed by atoms with van der Waals surface area (Å²) in [7, 11) is 0. The van der Waals surface area contributed by atoms with E-state index in [1.54, 1.807) is 19.1 Å². The Balaban J connectivity index is 1.86. The van der Waals surface area contributed by atoms with Gasteiger partial charge in [0.2, 0.25) is 0 Å². The lowest BCUT2D eigenvalue weighted by Gasteiger charge is -2.36. The first kappa shape index (κ1) is 15.0. The number of carbonyl (C=O) groups excluding carboxylic acids is 1. The quantitative estimate of drug-likeness (QED) is 0.534. The van der Waals surface area contributed by atoms with Gasteiger partial charge in [-0.05, 0) is 29.0 Å². The highest BCUT2D eigenvalue weighted by Crippen LogP contribution is 2.51. The smallest absolute Gasteiger partial charge is 0.335 e. The maximum atomic E-state index is 11.8. The van der Waals surface area contributed by atoms with Crippen LogP contribution in [-0.2, 0) is 9.53 Å². The van der Waals surface area contributed by atoms with Crippen LogP contribution >= 0.6 is 0 Å². The van der Waals surface area contributed by atoms with Crippen LogP contribution < -0.4 is 9.47 Å². The van der Waals surface area contributed by atoms with Crippen LogP contribution in [-0.4, -0.2) is 28.9 Å². The molecule has 26 heavy (non-hydrogen) atoms. The molecule has 0 spiro atoms. The molecule has 1 saturated heterocycles. The molecular formula is C20H14O6. The standard InChI is InChI=1S/C20H14O6/c1-20-15(9-16(21)25-20)24-17-12-5-3-2-4-11(12)14-8-10(19(22)23)6-7-13(14)18(17)26-20/h2-8,15H,9H2,1H3,(H,22,23). The Morgan fingerprint density at radius 3 is 2.54 bits per heavy atom. The Hall–Kier alpha value is -3.28. The number of carbonyl (C=O) groups is 2. The molecule has 0 saturated carbocycles. The van der Waals surface area contributed by atoms with Gasteiger partial charge in [-0.25, -0.2) is 4.79 Å². The highest BCUT2D eigenvalue weighted by Gasteiger charge is 2.53. The molecule has 2 aliphatic rings. The normalized spacial score (nSPS) is 23.7. The molecule has 0 amide bonds. The minimum atomic E-state index is -1.19. The molecule has 1 N–H and O–H groups in total. The summed E-state index contributed by atoms with van der Waals surface area (Å²) in [5.41, 5.74) is 0.190. The average Bonchev–Trinajstić information content (AvgIpc) is 2.92.